The Bertz CT molecular complexity index is 1220. The van der Waals surface area contributed by atoms with Crippen LogP contribution >= 0.6 is 0 Å². The van der Waals surface area contributed by atoms with Gasteiger partial charge in [-0.3, -0.25) is 10.1 Å². The van der Waals surface area contributed by atoms with Crippen LogP contribution in [0.1, 0.15) is 47.0 Å². The van der Waals surface area contributed by atoms with Crippen LogP contribution in [-0.4, -0.2) is 34.0 Å². The second kappa shape index (κ2) is 7.68. The summed E-state index contributed by atoms with van der Waals surface area (Å²) < 4.78 is 0. The molecule has 2 bridgehead atoms. The van der Waals surface area contributed by atoms with E-state index in [1.165, 1.54) is 6.33 Å². The minimum Gasteiger partial charge on any atom is -0.347 e. The Kier molecular flexibility index (Phi) is 5.03. The molecule has 1 saturated heterocycles. The van der Waals surface area contributed by atoms with Gasteiger partial charge in [0.1, 0.15) is 6.33 Å². The summed E-state index contributed by atoms with van der Waals surface area (Å²) in [5.41, 5.74) is 1.28. The van der Waals surface area contributed by atoms with Gasteiger partial charge in [0.2, 0.25) is 11.6 Å². The van der Waals surface area contributed by atoms with Crippen molar-refractivity contribution in [2.24, 2.45) is 10.8 Å². The summed E-state index contributed by atoms with van der Waals surface area (Å²) in [4.78, 5) is 25.3. The Morgan fingerprint density at radius 1 is 1.12 bits per heavy atom. The van der Waals surface area contributed by atoms with Gasteiger partial charge in [-0.1, -0.05) is 57.2 Å². The molecule has 0 radical (unpaired) electrons. The minimum absolute atomic E-state index is 0.00115. The van der Waals surface area contributed by atoms with Crippen molar-refractivity contribution >= 4 is 33.8 Å². The highest BCUT2D eigenvalue weighted by Gasteiger charge is 2.51. The number of benzene rings is 2. The van der Waals surface area contributed by atoms with Gasteiger partial charge >= 0.3 is 5.69 Å². The molecule has 0 N–H and O–H groups in total. The molecular formula is C26H31N5O2. The first-order chi connectivity index (χ1) is 15.7. The molecule has 1 aromatic heterocycles. The van der Waals surface area contributed by atoms with Crippen LogP contribution < -0.4 is 9.80 Å². The standard InChI is InChI=1S/C26H31N5O2/c1-5-29(21-12-8-10-18-9-6-7-11-20(18)21)23-22(31(32)33)24(28-17-27-23)30-16-26(4)14-19(30)13-25(2,3)15-26/h6-12,17,19H,5,13-16H2,1-4H3. The fourth-order valence-electron chi connectivity index (χ4n) is 6.52. The van der Waals surface area contributed by atoms with Crippen molar-refractivity contribution in [1.29, 1.82) is 0 Å². The van der Waals surface area contributed by atoms with Gasteiger partial charge < -0.3 is 9.80 Å². The van der Waals surface area contributed by atoms with Gasteiger partial charge in [-0.2, -0.15) is 0 Å². The van der Waals surface area contributed by atoms with Crippen molar-refractivity contribution in [2.75, 3.05) is 22.9 Å². The second-order valence-electron chi connectivity index (χ2n) is 10.7. The molecule has 2 aromatic carbocycles. The quantitative estimate of drug-likeness (QED) is 0.349. The SMILES string of the molecule is CCN(c1ncnc(N2CC3(C)CC2CC(C)(C)C3)c1[N+](=O)[O-])c1cccc2ccccc12. The molecule has 2 heterocycles. The predicted octanol–water partition coefficient (Wildman–Crippen LogP) is 6.10. The molecular weight excluding hydrogens is 414 g/mol. The monoisotopic (exact) mass is 445 g/mol. The van der Waals surface area contributed by atoms with Crippen LogP contribution in [0.5, 0.6) is 0 Å². The minimum atomic E-state index is -0.297. The smallest absolute Gasteiger partial charge is 0.347 e. The van der Waals surface area contributed by atoms with Crippen molar-refractivity contribution in [2.45, 2.75) is 53.0 Å². The predicted molar refractivity (Wildman–Crippen MR) is 132 cm³/mol. The third kappa shape index (κ3) is 3.69. The zero-order valence-electron chi connectivity index (χ0n) is 19.8. The van der Waals surface area contributed by atoms with Crippen molar-refractivity contribution in [3.05, 3.63) is 58.9 Å². The third-order valence-electron chi connectivity index (χ3n) is 7.28. The first-order valence-electron chi connectivity index (χ1n) is 11.7. The van der Waals surface area contributed by atoms with Gasteiger partial charge in [-0.25, -0.2) is 9.97 Å². The lowest BCUT2D eigenvalue weighted by atomic mass is 9.65. The number of rotatable bonds is 5. The Labute approximate surface area is 194 Å². The molecule has 5 rings (SSSR count). The molecule has 2 aliphatic rings. The van der Waals surface area contributed by atoms with Crippen molar-refractivity contribution in [3.8, 4) is 0 Å². The van der Waals surface area contributed by atoms with Gasteiger partial charge in [0.05, 0.1) is 10.6 Å². The number of nitrogens with zero attached hydrogens (tertiary/aromatic N) is 5. The molecule has 3 aromatic rings. The van der Waals surface area contributed by atoms with Crippen molar-refractivity contribution in [1.82, 2.24) is 9.97 Å². The van der Waals surface area contributed by atoms with Crippen LogP contribution in [0.25, 0.3) is 10.8 Å². The van der Waals surface area contributed by atoms with Gasteiger partial charge in [0.15, 0.2) is 0 Å². The summed E-state index contributed by atoms with van der Waals surface area (Å²) in [7, 11) is 0. The van der Waals surface area contributed by atoms with Crippen LogP contribution in [0.3, 0.4) is 0 Å². The third-order valence-corrected chi connectivity index (χ3v) is 7.28. The largest absolute Gasteiger partial charge is 0.354 e. The van der Waals surface area contributed by atoms with Crippen molar-refractivity contribution < 1.29 is 4.92 Å². The maximum absolute atomic E-state index is 12.5. The summed E-state index contributed by atoms with van der Waals surface area (Å²) in [6.07, 6.45) is 4.67. The van der Waals surface area contributed by atoms with Crippen LogP contribution in [0.4, 0.5) is 23.0 Å². The normalized spacial score (nSPS) is 23.6. The first-order valence-corrected chi connectivity index (χ1v) is 11.7. The Morgan fingerprint density at radius 2 is 1.88 bits per heavy atom. The Balaban J connectivity index is 1.64. The first kappa shape index (κ1) is 21.6. The zero-order chi connectivity index (χ0) is 23.4. The molecule has 7 heteroatoms. The summed E-state index contributed by atoms with van der Waals surface area (Å²) in [5, 5.41) is 14.6. The lowest BCUT2D eigenvalue weighted by molar-refractivity contribution is -0.383. The topological polar surface area (TPSA) is 75.4 Å². The van der Waals surface area contributed by atoms with Gasteiger partial charge in [0, 0.05) is 24.5 Å². The number of nitro groups is 1. The molecule has 172 valence electrons. The highest BCUT2D eigenvalue weighted by Crippen LogP contribution is 2.54. The Morgan fingerprint density at radius 3 is 2.64 bits per heavy atom. The molecule has 1 aliphatic heterocycles. The van der Waals surface area contributed by atoms with Crippen LogP contribution in [-0.2, 0) is 0 Å². The molecule has 0 spiro atoms. The van der Waals surface area contributed by atoms with E-state index >= 15 is 0 Å². The fraction of sp³-hybridized carbons (Fsp3) is 0.462. The lowest BCUT2D eigenvalue weighted by Crippen LogP contribution is -2.35. The van der Waals surface area contributed by atoms with E-state index in [0.29, 0.717) is 18.2 Å². The van der Waals surface area contributed by atoms with E-state index < -0.39 is 0 Å². The number of anilines is 3. The summed E-state index contributed by atoms with van der Waals surface area (Å²) in [5.74, 6) is 0.810. The number of aromatic nitrogens is 2. The van der Waals surface area contributed by atoms with Crippen LogP contribution in [0, 0.1) is 20.9 Å². The lowest BCUT2D eigenvalue weighted by Gasteiger charge is -2.39. The van der Waals surface area contributed by atoms with E-state index in [1.807, 2.05) is 42.2 Å². The number of hydrogen-bond acceptors (Lipinski definition) is 6. The molecule has 2 atom stereocenters. The molecule has 0 amide bonds. The number of fused-ring (bicyclic) bond motifs is 3. The van der Waals surface area contributed by atoms with E-state index in [1.54, 1.807) is 0 Å². The highest BCUT2D eigenvalue weighted by atomic mass is 16.6. The maximum Gasteiger partial charge on any atom is 0.354 e. The van der Waals surface area contributed by atoms with Crippen LogP contribution in [0.2, 0.25) is 0 Å². The maximum atomic E-state index is 12.5. The molecule has 1 aliphatic carbocycles. The molecule has 33 heavy (non-hydrogen) atoms. The van der Waals surface area contributed by atoms with E-state index in [2.05, 4.69) is 47.8 Å². The highest BCUT2D eigenvalue weighted by molar-refractivity contribution is 5.96. The van der Waals surface area contributed by atoms with E-state index in [0.717, 1.165) is 42.3 Å². The molecule has 2 unspecified atom stereocenters. The second-order valence-corrected chi connectivity index (χ2v) is 10.7. The summed E-state index contributed by atoms with van der Waals surface area (Å²) >= 11 is 0. The number of hydrogen-bond donors (Lipinski definition) is 0. The van der Waals surface area contributed by atoms with Crippen molar-refractivity contribution in [3.63, 3.8) is 0 Å². The molecule has 7 nitrogen and oxygen atoms in total. The fourth-order valence-corrected chi connectivity index (χ4v) is 6.52. The van der Waals surface area contributed by atoms with E-state index in [-0.39, 0.29) is 27.5 Å². The van der Waals surface area contributed by atoms with E-state index in [9.17, 15) is 10.1 Å². The van der Waals surface area contributed by atoms with E-state index in [4.69, 9.17) is 0 Å². The Hall–Kier alpha value is -3.22. The van der Waals surface area contributed by atoms with Gasteiger partial charge in [0.25, 0.3) is 0 Å². The molecule has 1 saturated carbocycles. The summed E-state index contributed by atoms with van der Waals surface area (Å²) in [6, 6.07) is 14.4. The zero-order valence-corrected chi connectivity index (χ0v) is 19.8. The molecule has 2 fully saturated rings. The van der Waals surface area contributed by atoms with Gasteiger partial charge in [-0.15, -0.1) is 0 Å². The average Bonchev–Trinajstić information content (AvgIpc) is 3.02. The van der Waals surface area contributed by atoms with Gasteiger partial charge in [-0.05, 0) is 48.5 Å². The average molecular weight is 446 g/mol. The summed E-state index contributed by atoms with van der Waals surface area (Å²) in [6.45, 7) is 10.3. The van der Waals surface area contributed by atoms with Crippen LogP contribution in [0.15, 0.2) is 48.8 Å².